The van der Waals surface area contributed by atoms with Crippen molar-refractivity contribution in [3.63, 3.8) is 0 Å². The van der Waals surface area contributed by atoms with E-state index >= 15 is 0 Å². The molecule has 2 bridgehead atoms. The predicted molar refractivity (Wildman–Crippen MR) is 131 cm³/mol. The van der Waals surface area contributed by atoms with Crippen molar-refractivity contribution in [1.82, 2.24) is 15.1 Å². The molecule has 3 aliphatic rings. The van der Waals surface area contributed by atoms with Gasteiger partial charge in [0.15, 0.2) is 0 Å². The summed E-state index contributed by atoms with van der Waals surface area (Å²) >= 11 is 0. The first-order valence-electron chi connectivity index (χ1n) is 13.0. The van der Waals surface area contributed by atoms with Gasteiger partial charge in [-0.3, -0.25) is 0 Å². The second-order valence-corrected chi connectivity index (χ2v) is 10.5. The molecule has 206 valence electrons. The molecule has 9 nitrogen and oxygen atoms in total. The molecule has 2 aromatic heterocycles. The molecular formula is C27H27F3N4O5. The van der Waals surface area contributed by atoms with Gasteiger partial charge in [0, 0.05) is 41.5 Å². The number of halogens is 3. The van der Waals surface area contributed by atoms with Gasteiger partial charge in [-0.05, 0) is 50.2 Å². The van der Waals surface area contributed by atoms with Gasteiger partial charge in [0.1, 0.15) is 17.2 Å². The molecule has 4 unspecified atom stereocenters. The van der Waals surface area contributed by atoms with Crippen LogP contribution in [0.5, 0.6) is 5.75 Å². The van der Waals surface area contributed by atoms with Crippen molar-refractivity contribution in [3.05, 3.63) is 53.5 Å². The van der Waals surface area contributed by atoms with Gasteiger partial charge in [0.05, 0.1) is 18.3 Å². The number of para-hydroxylation sites is 1. The largest absolute Gasteiger partial charge is 0.573 e. The van der Waals surface area contributed by atoms with E-state index in [4.69, 9.17) is 14.4 Å². The number of carboxylic acid groups (broad SMARTS) is 1. The maximum absolute atomic E-state index is 13.1. The monoisotopic (exact) mass is 544 g/mol. The molecule has 2 saturated heterocycles. The van der Waals surface area contributed by atoms with Gasteiger partial charge < -0.3 is 24.0 Å². The minimum Gasteiger partial charge on any atom is -0.478 e. The van der Waals surface area contributed by atoms with Gasteiger partial charge in [-0.2, -0.15) is 0 Å². The summed E-state index contributed by atoms with van der Waals surface area (Å²) in [7, 11) is 0. The number of benzene rings is 1. The van der Waals surface area contributed by atoms with Crippen LogP contribution in [0.15, 0.2) is 41.2 Å². The highest BCUT2D eigenvalue weighted by molar-refractivity contribution is 5.86. The molecule has 0 amide bonds. The first kappa shape index (κ1) is 25.6. The molecule has 0 radical (unpaired) electrons. The summed E-state index contributed by atoms with van der Waals surface area (Å²) in [5.41, 5.74) is 1.20. The van der Waals surface area contributed by atoms with Crippen molar-refractivity contribution in [3.8, 4) is 17.0 Å². The fourth-order valence-electron chi connectivity index (χ4n) is 5.90. The summed E-state index contributed by atoms with van der Waals surface area (Å²) < 4.78 is 55.5. The second kappa shape index (κ2) is 9.82. The third kappa shape index (κ3) is 5.17. The molecule has 4 atom stereocenters. The highest BCUT2D eigenvalue weighted by Crippen LogP contribution is 2.47. The Morgan fingerprint density at radius 2 is 1.90 bits per heavy atom. The number of carboxylic acids is 1. The van der Waals surface area contributed by atoms with Gasteiger partial charge in [0.25, 0.3) is 0 Å². The Hall–Kier alpha value is -3.67. The number of hydrogen-bond acceptors (Lipinski definition) is 8. The number of piperidine rings is 1. The van der Waals surface area contributed by atoms with E-state index in [1.54, 1.807) is 6.07 Å². The number of alkyl halides is 3. The Kier molecular flexibility index (Phi) is 6.44. The molecule has 1 aromatic carbocycles. The van der Waals surface area contributed by atoms with E-state index in [0.717, 1.165) is 32.1 Å². The molecule has 3 fully saturated rings. The third-order valence-corrected chi connectivity index (χ3v) is 7.80. The zero-order valence-corrected chi connectivity index (χ0v) is 21.1. The average Bonchev–Trinajstić information content (AvgIpc) is 3.61. The van der Waals surface area contributed by atoms with Gasteiger partial charge in [-0.25, -0.2) is 14.8 Å². The molecule has 1 N–H and O–H groups in total. The molecule has 12 heteroatoms. The van der Waals surface area contributed by atoms with Crippen LogP contribution in [-0.4, -0.2) is 50.8 Å². The van der Waals surface area contributed by atoms with Crippen LogP contribution in [0, 0.1) is 5.92 Å². The Bertz CT molecular complexity index is 1360. The normalized spacial score (nSPS) is 24.7. The lowest BCUT2D eigenvalue weighted by Gasteiger charge is -2.39. The summed E-state index contributed by atoms with van der Waals surface area (Å²) in [5, 5.41) is 13.3. The first-order valence-corrected chi connectivity index (χ1v) is 13.0. The number of anilines is 1. The second-order valence-electron chi connectivity index (χ2n) is 10.5. The van der Waals surface area contributed by atoms with Crippen LogP contribution in [-0.2, 0) is 11.3 Å². The fourth-order valence-corrected chi connectivity index (χ4v) is 5.90. The van der Waals surface area contributed by atoms with Crippen molar-refractivity contribution < 1.29 is 37.1 Å². The number of aromatic carboxylic acids is 1. The number of carbonyl (C=O) groups is 1. The van der Waals surface area contributed by atoms with Crippen LogP contribution in [0.25, 0.3) is 11.3 Å². The zero-order chi connectivity index (χ0) is 27.3. The quantitative estimate of drug-likeness (QED) is 0.389. The van der Waals surface area contributed by atoms with Crippen molar-refractivity contribution in [2.45, 2.75) is 76.1 Å². The lowest BCUT2D eigenvalue weighted by molar-refractivity contribution is -0.274. The fraction of sp³-hybridized carbons (Fsp3) is 0.481. The zero-order valence-electron chi connectivity index (χ0n) is 21.1. The van der Waals surface area contributed by atoms with Gasteiger partial charge in [-0.15, -0.1) is 13.2 Å². The number of rotatable bonds is 8. The summed E-state index contributed by atoms with van der Waals surface area (Å²) in [6, 6.07) is 6.16. The highest BCUT2D eigenvalue weighted by atomic mass is 19.4. The number of nitrogens with zero attached hydrogens (tertiary/aromatic N) is 4. The number of ether oxygens (including phenoxy) is 2. The van der Waals surface area contributed by atoms with Crippen LogP contribution in [0.4, 0.5) is 19.1 Å². The molecule has 3 aromatic rings. The van der Waals surface area contributed by atoms with Crippen LogP contribution in [0.1, 0.15) is 66.6 Å². The van der Waals surface area contributed by atoms with Crippen molar-refractivity contribution in [2.24, 2.45) is 5.92 Å². The Morgan fingerprint density at radius 3 is 2.56 bits per heavy atom. The van der Waals surface area contributed by atoms with E-state index < -0.39 is 12.3 Å². The van der Waals surface area contributed by atoms with Crippen LogP contribution in [0.3, 0.4) is 0 Å². The maximum Gasteiger partial charge on any atom is 0.573 e. The van der Waals surface area contributed by atoms with E-state index in [9.17, 15) is 18.0 Å². The van der Waals surface area contributed by atoms with Gasteiger partial charge in [-0.1, -0.05) is 24.2 Å². The minimum atomic E-state index is -4.84. The first-order chi connectivity index (χ1) is 18.7. The predicted octanol–water partition coefficient (Wildman–Crippen LogP) is 5.57. The summed E-state index contributed by atoms with van der Waals surface area (Å²) in [5.74, 6) is 0.312. The molecule has 1 saturated carbocycles. The Labute approximate surface area is 221 Å². The van der Waals surface area contributed by atoms with Crippen molar-refractivity contribution >= 4 is 11.9 Å². The van der Waals surface area contributed by atoms with Crippen LogP contribution < -0.4 is 9.64 Å². The topological polar surface area (TPSA) is 111 Å². The van der Waals surface area contributed by atoms with E-state index in [-0.39, 0.29) is 47.6 Å². The lowest BCUT2D eigenvalue weighted by atomic mass is 9.97. The SMILES string of the molecule is CC1CC2CC(OCc3c(-c4ccccc4OC(F)(F)F)noc3C3CC3)CC1N2c1ncc(C(=O)O)cn1. The van der Waals surface area contributed by atoms with Crippen molar-refractivity contribution in [2.75, 3.05) is 4.90 Å². The van der Waals surface area contributed by atoms with Crippen LogP contribution >= 0.6 is 0 Å². The van der Waals surface area contributed by atoms with Crippen molar-refractivity contribution in [1.29, 1.82) is 0 Å². The molecular weight excluding hydrogens is 517 g/mol. The molecule has 1 aliphatic carbocycles. The van der Waals surface area contributed by atoms with E-state index in [1.807, 2.05) is 0 Å². The van der Waals surface area contributed by atoms with E-state index in [0.29, 0.717) is 28.9 Å². The molecule has 6 rings (SSSR count). The highest BCUT2D eigenvalue weighted by Gasteiger charge is 2.47. The third-order valence-electron chi connectivity index (χ3n) is 7.80. The number of hydrogen-bond donors (Lipinski definition) is 1. The van der Waals surface area contributed by atoms with Crippen LogP contribution in [0.2, 0.25) is 0 Å². The summed E-state index contributed by atoms with van der Waals surface area (Å²) in [4.78, 5) is 22.0. The van der Waals surface area contributed by atoms with Gasteiger partial charge >= 0.3 is 12.3 Å². The Balaban J connectivity index is 1.21. The Morgan fingerprint density at radius 1 is 1.15 bits per heavy atom. The van der Waals surface area contributed by atoms with Gasteiger partial charge in [0.2, 0.25) is 5.95 Å². The lowest BCUT2D eigenvalue weighted by Crippen LogP contribution is -2.47. The minimum absolute atomic E-state index is 0.0376. The number of fused-ring (bicyclic) bond motifs is 2. The average molecular weight is 545 g/mol. The van der Waals surface area contributed by atoms with E-state index in [1.165, 1.54) is 30.6 Å². The number of aromatic nitrogens is 3. The molecule has 0 spiro atoms. The molecule has 2 aliphatic heterocycles. The maximum atomic E-state index is 13.1. The summed E-state index contributed by atoms with van der Waals surface area (Å²) in [6.45, 7) is 2.33. The van der Waals surface area contributed by atoms with E-state index in [2.05, 4.69) is 31.7 Å². The molecule has 39 heavy (non-hydrogen) atoms. The summed E-state index contributed by atoms with van der Waals surface area (Å²) in [6.07, 6.45) is 1.96. The smallest absolute Gasteiger partial charge is 0.478 e. The standard InChI is InChI=1S/C27H27F3N4O5/c1-14-8-17-9-18(10-21(14)34(17)26-31-11-16(12-32-26)25(35)36)37-13-20-23(33-39-24(20)15-6-7-15)19-4-2-3-5-22(19)38-27(28,29)30/h2-5,11-12,14-15,17-18,21H,6-10,13H2,1H3,(H,35,36). The molecule has 4 heterocycles.